The molecule has 3 rings (SSSR count). The predicted molar refractivity (Wildman–Crippen MR) is 102 cm³/mol. The second-order valence-electron chi connectivity index (χ2n) is 5.66. The highest BCUT2D eigenvalue weighted by atomic mass is 16.5. The quantitative estimate of drug-likeness (QED) is 0.670. The second kappa shape index (κ2) is 8.66. The largest absolute Gasteiger partial charge is 0.497 e. The van der Waals surface area contributed by atoms with Crippen LogP contribution in [0.1, 0.15) is 16.1 Å². The van der Waals surface area contributed by atoms with Crippen molar-refractivity contribution >= 4 is 17.3 Å². The van der Waals surface area contributed by atoms with Crippen molar-refractivity contribution in [3.8, 4) is 11.5 Å². The summed E-state index contributed by atoms with van der Waals surface area (Å²) in [5.41, 5.74) is 2.83. The number of anilines is 2. The van der Waals surface area contributed by atoms with Crippen LogP contribution in [0.25, 0.3) is 0 Å². The third-order valence-corrected chi connectivity index (χ3v) is 3.89. The lowest BCUT2D eigenvalue weighted by molar-refractivity contribution is 0.0946. The summed E-state index contributed by atoms with van der Waals surface area (Å²) in [6.07, 6.45) is 4.98. The summed E-state index contributed by atoms with van der Waals surface area (Å²) < 4.78 is 10.6. The van der Waals surface area contributed by atoms with Crippen LogP contribution >= 0.6 is 0 Å². The Labute approximate surface area is 157 Å². The minimum atomic E-state index is -0.236. The summed E-state index contributed by atoms with van der Waals surface area (Å²) in [4.78, 5) is 20.4. The predicted octanol–water partition coefficient (Wildman–Crippen LogP) is 3.17. The van der Waals surface area contributed by atoms with Gasteiger partial charge in [-0.1, -0.05) is 0 Å². The monoisotopic (exact) mass is 364 g/mol. The maximum absolute atomic E-state index is 12.2. The van der Waals surface area contributed by atoms with Gasteiger partial charge in [0.2, 0.25) is 0 Å². The lowest BCUT2D eigenvalue weighted by Gasteiger charge is -2.12. The fraction of sp³-hybridized carbons (Fsp3) is 0.150. The van der Waals surface area contributed by atoms with Crippen LogP contribution in [0.2, 0.25) is 0 Å². The van der Waals surface area contributed by atoms with E-state index in [1.54, 1.807) is 51.0 Å². The van der Waals surface area contributed by atoms with Crippen molar-refractivity contribution in [3.05, 3.63) is 72.3 Å². The van der Waals surface area contributed by atoms with E-state index in [1.165, 1.54) is 0 Å². The second-order valence-corrected chi connectivity index (χ2v) is 5.66. The van der Waals surface area contributed by atoms with Gasteiger partial charge in [-0.3, -0.25) is 9.78 Å². The van der Waals surface area contributed by atoms with Crippen LogP contribution in [0.4, 0.5) is 11.4 Å². The van der Waals surface area contributed by atoms with Gasteiger partial charge >= 0.3 is 0 Å². The van der Waals surface area contributed by atoms with Crippen molar-refractivity contribution in [2.45, 2.75) is 6.54 Å². The van der Waals surface area contributed by atoms with E-state index in [4.69, 9.17) is 9.47 Å². The van der Waals surface area contributed by atoms with Crippen LogP contribution < -0.4 is 20.1 Å². The van der Waals surface area contributed by atoms with E-state index in [0.29, 0.717) is 23.7 Å². The number of carbonyl (C=O) groups excluding carboxylic acids is 1. The van der Waals surface area contributed by atoms with Crippen LogP contribution in [0.3, 0.4) is 0 Å². The normalized spacial score (nSPS) is 10.1. The summed E-state index contributed by atoms with van der Waals surface area (Å²) >= 11 is 0. The summed E-state index contributed by atoms with van der Waals surface area (Å²) in [6.45, 7) is 0.423. The highest BCUT2D eigenvalue weighted by Gasteiger charge is 2.09. The summed E-state index contributed by atoms with van der Waals surface area (Å²) in [6, 6.07) is 12.6. The molecule has 7 nitrogen and oxygen atoms in total. The van der Waals surface area contributed by atoms with Gasteiger partial charge in [-0.05, 0) is 42.0 Å². The number of aromatic nitrogens is 2. The van der Waals surface area contributed by atoms with Crippen LogP contribution in [0.15, 0.2) is 61.1 Å². The topological polar surface area (TPSA) is 85.4 Å². The van der Waals surface area contributed by atoms with Gasteiger partial charge in [-0.15, -0.1) is 0 Å². The lowest BCUT2D eigenvalue weighted by Crippen LogP contribution is -2.23. The van der Waals surface area contributed by atoms with Gasteiger partial charge in [0.25, 0.3) is 5.91 Å². The van der Waals surface area contributed by atoms with Crippen molar-refractivity contribution in [2.24, 2.45) is 0 Å². The molecule has 27 heavy (non-hydrogen) atoms. The summed E-state index contributed by atoms with van der Waals surface area (Å²) in [5, 5.41) is 6.05. The molecular weight excluding hydrogens is 344 g/mol. The molecule has 7 heteroatoms. The van der Waals surface area contributed by atoms with Crippen LogP contribution in [0.5, 0.6) is 11.5 Å². The molecule has 0 aliphatic rings. The number of nitrogens with zero attached hydrogens (tertiary/aromatic N) is 2. The number of methoxy groups -OCH3 is 2. The van der Waals surface area contributed by atoms with Gasteiger partial charge in [0.15, 0.2) is 0 Å². The smallest absolute Gasteiger partial charge is 0.270 e. The van der Waals surface area contributed by atoms with Gasteiger partial charge in [0.1, 0.15) is 17.2 Å². The number of benzene rings is 1. The van der Waals surface area contributed by atoms with Crippen LogP contribution in [-0.2, 0) is 6.54 Å². The van der Waals surface area contributed by atoms with Crippen LogP contribution in [-0.4, -0.2) is 30.1 Å². The lowest BCUT2D eigenvalue weighted by atomic mass is 10.2. The SMILES string of the molecule is COc1ccc(Nc2ccc(C(=O)NCc3ccncc3)nc2)c(OC)c1. The maximum atomic E-state index is 12.2. The number of carbonyl (C=O) groups is 1. The Morgan fingerprint density at radius 3 is 2.52 bits per heavy atom. The van der Waals surface area contributed by atoms with E-state index >= 15 is 0 Å². The first kappa shape index (κ1) is 18.2. The molecule has 1 amide bonds. The van der Waals surface area contributed by atoms with Crippen molar-refractivity contribution in [2.75, 3.05) is 19.5 Å². The first-order valence-electron chi connectivity index (χ1n) is 8.32. The number of rotatable bonds is 7. The number of ether oxygens (including phenoxy) is 2. The van der Waals surface area contributed by atoms with Crippen molar-refractivity contribution in [1.82, 2.24) is 15.3 Å². The first-order chi connectivity index (χ1) is 13.2. The van der Waals surface area contributed by atoms with Crippen molar-refractivity contribution in [1.29, 1.82) is 0 Å². The molecule has 0 aliphatic heterocycles. The Morgan fingerprint density at radius 2 is 1.85 bits per heavy atom. The van der Waals surface area contributed by atoms with Gasteiger partial charge in [0, 0.05) is 25.0 Å². The van der Waals surface area contributed by atoms with Gasteiger partial charge in [-0.25, -0.2) is 4.98 Å². The molecule has 0 bridgehead atoms. The molecule has 0 unspecified atom stereocenters. The molecule has 0 saturated heterocycles. The average molecular weight is 364 g/mol. The van der Waals surface area contributed by atoms with E-state index in [9.17, 15) is 4.79 Å². The zero-order valence-electron chi connectivity index (χ0n) is 15.1. The average Bonchev–Trinajstić information content (AvgIpc) is 2.73. The number of hydrogen-bond acceptors (Lipinski definition) is 6. The van der Waals surface area contributed by atoms with Crippen LogP contribution in [0, 0.1) is 0 Å². The zero-order chi connectivity index (χ0) is 19.1. The number of nitrogens with one attached hydrogen (secondary N) is 2. The Morgan fingerprint density at radius 1 is 1.04 bits per heavy atom. The molecule has 0 fully saturated rings. The van der Waals surface area contributed by atoms with Gasteiger partial charge in [0.05, 0.1) is 31.8 Å². The standard InChI is InChI=1S/C20H20N4O3/c1-26-16-4-6-17(19(11-16)27-2)24-15-3-5-18(22-13-15)20(25)23-12-14-7-9-21-10-8-14/h3-11,13,24H,12H2,1-2H3,(H,23,25). The number of amides is 1. The third-order valence-electron chi connectivity index (χ3n) is 3.89. The maximum Gasteiger partial charge on any atom is 0.270 e. The van der Waals surface area contributed by atoms with Gasteiger partial charge < -0.3 is 20.1 Å². The molecule has 2 N–H and O–H groups in total. The number of hydrogen-bond donors (Lipinski definition) is 2. The molecule has 0 spiro atoms. The Balaban J connectivity index is 1.64. The highest BCUT2D eigenvalue weighted by molar-refractivity contribution is 5.92. The third kappa shape index (κ3) is 4.72. The molecule has 0 aliphatic carbocycles. The molecule has 1 aromatic carbocycles. The Hall–Kier alpha value is -3.61. The fourth-order valence-corrected chi connectivity index (χ4v) is 2.43. The molecule has 2 heterocycles. The van der Waals surface area contributed by atoms with E-state index in [2.05, 4.69) is 20.6 Å². The molecule has 0 radical (unpaired) electrons. The zero-order valence-corrected chi connectivity index (χ0v) is 15.1. The van der Waals surface area contributed by atoms with Gasteiger partial charge in [-0.2, -0.15) is 0 Å². The highest BCUT2D eigenvalue weighted by Crippen LogP contribution is 2.31. The molecule has 0 saturated carbocycles. The Kier molecular flexibility index (Phi) is 5.84. The minimum absolute atomic E-state index is 0.236. The van der Waals surface area contributed by atoms with E-state index in [1.807, 2.05) is 24.3 Å². The molecule has 0 atom stereocenters. The van der Waals surface area contributed by atoms with Crippen molar-refractivity contribution < 1.29 is 14.3 Å². The van der Waals surface area contributed by atoms with E-state index < -0.39 is 0 Å². The first-order valence-corrected chi connectivity index (χ1v) is 8.32. The molecular formula is C20H20N4O3. The minimum Gasteiger partial charge on any atom is -0.497 e. The summed E-state index contributed by atoms with van der Waals surface area (Å²) in [7, 11) is 3.19. The number of pyridine rings is 2. The Bertz CT molecular complexity index is 899. The molecule has 3 aromatic rings. The molecule has 2 aromatic heterocycles. The summed E-state index contributed by atoms with van der Waals surface area (Å²) in [5.74, 6) is 1.12. The fourth-order valence-electron chi connectivity index (χ4n) is 2.43. The molecule has 138 valence electrons. The van der Waals surface area contributed by atoms with E-state index in [-0.39, 0.29) is 5.91 Å². The van der Waals surface area contributed by atoms with Crippen molar-refractivity contribution in [3.63, 3.8) is 0 Å². The van der Waals surface area contributed by atoms with E-state index in [0.717, 1.165) is 16.9 Å².